The monoisotopic (exact) mass is 380 g/mol. The van der Waals surface area contributed by atoms with Crippen LogP contribution in [0.3, 0.4) is 0 Å². The molecule has 3 amide bonds. The number of amides is 3. The Morgan fingerprint density at radius 1 is 1.04 bits per heavy atom. The summed E-state index contributed by atoms with van der Waals surface area (Å²) in [7, 11) is 0. The Bertz CT molecular complexity index is 801. The van der Waals surface area contributed by atoms with E-state index in [-0.39, 0.29) is 47.9 Å². The van der Waals surface area contributed by atoms with E-state index in [1.165, 1.54) is 4.90 Å². The van der Waals surface area contributed by atoms with Crippen molar-refractivity contribution in [3.63, 3.8) is 0 Å². The van der Waals surface area contributed by atoms with Gasteiger partial charge in [0.25, 0.3) is 0 Å². The van der Waals surface area contributed by atoms with Crippen molar-refractivity contribution in [2.75, 3.05) is 32.7 Å². The lowest BCUT2D eigenvalue weighted by atomic mass is 9.85. The molecule has 0 spiro atoms. The van der Waals surface area contributed by atoms with Gasteiger partial charge in [-0.1, -0.05) is 18.2 Å². The Kier molecular flexibility index (Phi) is 4.27. The topological polar surface area (TPSA) is 73.8 Å². The molecule has 0 aromatic carbocycles. The first kappa shape index (κ1) is 17.6. The van der Waals surface area contributed by atoms with Crippen LogP contribution in [0.1, 0.15) is 12.0 Å². The first-order valence-electron chi connectivity index (χ1n) is 10.0. The summed E-state index contributed by atoms with van der Waals surface area (Å²) in [6.45, 7) is 3.51. The van der Waals surface area contributed by atoms with Gasteiger partial charge in [0.1, 0.15) is 6.54 Å². The summed E-state index contributed by atoms with van der Waals surface area (Å²) in [6, 6.07) is 3.98. The second-order valence-corrected chi connectivity index (χ2v) is 8.28. The molecular formula is C21H24N4O3. The summed E-state index contributed by atoms with van der Waals surface area (Å²) >= 11 is 0. The summed E-state index contributed by atoms with van der Waals surface area (Å²) < 4.78 is 0. The SMILES string of the molecule is O=C(CN1C(=O)C2C3C=CC(C3)C2C1=O)N1CCN(Cc2cccnc2)CC1. The highest BCUT2D eigenvalue weighted by atomic mass is 16.2. The van der Waals surface area contributed by atoms with Crippen LogP contribution in [0.5, 0.6) is 0 Å². The highest BCUT2D eigenvalue weighted by molar-refractivity contribution is 6.08. The van der Waals surface area contributed by atoms with E-state index >= 15 is 0 Å². The van der Waals surface area contributed by atoms with Crippen LogP contribution in [0.4, 0.5) is 0 Å². The van der Waals surface area contributed by atoms with Crippen LogP contribution in [0.25, 0.3) is 0 Å². The Balaban J connectivity index is 1.16. The summed E-state index contributed by atoms with van der Waals surface area (Å²) in [4.78, 5) is 47.7. The molecular weight excluding hydrogens is 356 g/mol. The van der Waals surface area contributed by atoms with E-state index < -0.39 is 0 Å². The molecule has 7 heteroatoms. The Labute approximate surface area is 164 Å². The largest absolute Gasteiger partial charge is 0.339 e. The maximum atomic E-state index is 12.7. The number of carbonyl (C=O) groups is 3. The minimum atomic E-state index is -0.230. The van der Waals surface area contributed by atoms with Gasteiger partial charge < -0.3 is 4.90 Å². The van der Waals surface area contributed by atoms with Crippen molar-refractivity contribution in [1.82, 2.24) is 19.7 Å². The molecule has 0 radical (unpaired) electrons. The number of likely N-dealkylation sites (tertiary alicyclic amines) is 1. The number of aromatic nitrogens is 1. The smallest absolute Gasteiger partial charge is 0.242 e. The van der Waals surface area contributed by atoms with Gasteiger partial charge in [0.05, 0.1) is 11.8 Å². The summed E-state index contributed by atoms with van der Waals surface area (Å²) in [6.07, 6.45) is 8.68. The van der Waals surface area contributed by atoms with E-state index in [1.807, 2.05) is 18.3 Å². The van der Waals surface area contributed by atoms with Crippen molar-refractivity contribution < 1.29 is 14.4 Å². The lowest BCUT2D eigenvalue weighted by Crippen LogP contribution is -2.51. The highest BCUT2D eigenvalue weighted by Gasteiger charge is 2.59. The van der Waals surface area contributed by atoms with Crippen molar-refractivity contribution >= 4 is 17.7 Å². The molecule has 0 N–H and O–H groups in total. The molecule has 28 heavy (non-hydrogen) atoms. The molecule has 3 fully saturated rings. The van der Waals surface area contributed by atoms with E-state index in [2.05, 4.69) is 22.0 Å². The van der Waals surface area contributed by atoms with Crippen LogP contribution in [0.2, 0.25) is 0 Å². The molecule has 1 saturated carbocycles. The molecule has 2 saturated heterocycles. The zero-order valence-corrected chi connectivity index (χ0v) is 15.7. The summed E-state index contributed by atoms with van der Waals surface area (Å²) in [5.74, 6) is -0.503. The third kappa shape index (κ3) is 2.85. The number of carbonyl (C=O) groups excluding carboxylic acids is 3. The number of fused-ring (bicyclic) bond motifs is 5. The van der Waals surface area contributed by atoms with Gasteiger partial charge in [-0.25, -0.2) is 0 Å². The minimum absolute atomic E-state index is 0.104. The zero-order chi connectivity index (χ0) is 19.3. The molecule has 4 atom stereocenters. The Morgan fingerprint density at radius 3 is 2.32 bits per heavy atom. The molecule has 1 aromatic heterocycles. The number of nitrogens with zero attached hydrogens (tertiary/aromatic N) is 4. The Morgan fingerprint density at radius 2 is 1.71 bits per heavy atom. The third-order valence-corrected chi connectivity index (χ3v) is 6.71. The van der Waals surface area contributed by atoms with Crippen LogP contribution in [-0.2, 0) is 20.9 Å². The predicted molar refractivity (Wildman–Crippen MR) is 101 cm³/mol. The first-order chi connectivity index (χ1) is 13.6. The fraction of sp³-hybridized carbons (Fsp3) is 0.524. The average molecular weight is 380 g/mol. The van der Waals surface area contributed by atoms with Crippen molar-refractivity contribution in [1.29, 1.82) is 0 Å². The second-order valence-electron chi connectivity index (χ2n) is 8.28. The number of pyridine rings is 1. The standard InChI is InChI=1S/C21H24N4O3/c26-17(24-8-6-23(7-9-24)12-14-2-1-5-22-11-14)13-25-20(27)18-15-3-4-16(10-15)19(18)21(25)28/h1-5,11,15-16,18-19H,6-10,12-13H2. The maximum absolute atomic E-state index is 12.7. The molecule has 3 heterocycles. The maximum Gasteiger partial charge on any atom is 0.242 e. The number of rotatable bonds is 4. The molecule has 2 bridgehead atoms. The van der Waals surface area contributed by atoms with Crippen molar-refractivity contribution in [3.05, 3.63) is 42.2 Å². The summed E-state index contributed by atoms with van der Waals surface area (Å²) in [5, 5.41) is 0. The molecule has 1 aromatic rings. The van der Waals surface area contributed by atoms with Gasteiger partial charge in [-0.3, -0.25) is 29.2 Å². The quantitative estimate of drug-likeness (QED) is 0.563. The van der Waals surface area contributed by atoms with Crippen LogP contribution in [-0.4, -0.2) is 70.1 Å². The number of hydrogen-bond acceptors (Lipinski definition) is 5. The molecule has 7 nitrogen and oxygen atoms in total. The van der Waals surface area contributed by atoms with Crippen LogP contribution < -0.4 is 0 Å². The molecule has 2 aliphatic heterocycles. The Hall–Kier alpha value is -2.54. The number of allylic oxidation sites excluding steroid dienone is 2. The van der Waals surface area contributed by atoms with Gasteiger partial charge in [0.15, 0.2) is 0 Å². The van der Waals surface area contributed by atoms with Crippen LogP contribution >= 0.6 is 0 Å². The van der Waals surface area contributed by atoms with E-state index in [0.717, 1.165) is 31.6 Å². The van der Waals surface area contributed by atoms with Crippen LogP contribution in [0, 0.1) is 23.7 Å². The molecule has 146 valence electrons. The van der Waals surface area contributed by atoms with Crippen molar-refractivity contribution in [2.24, 2.45) is 23.7 Å². The fourth-order valence-corrected chi connectivity index (χ4v) is 5.26. The third-order valence-electron chi connectivity index (χ3n) is 6.71. The zero-order valence-electron chi connectivity index (χ0n) is 15.7. The highest BCUT2D eigenvalue weighted by Crippen LogP contribution is 2.52. The molecule has 5 rings (SSSR count). The predicted octanol–water partition coefficient (Wildman–Crippen LogP) is 0.533. The van der Waals surface area contributed by atoms with E-state index in [1.54, 1.807) is 11.1 Å². The van der Waals surface area contributed by atoms with Gasteiger partial charge in [-0.2, -0.15) is 0 Å². The van der Waals surface area contributed by atoms with Crippen LogP contribution in [0.15, 0.2) is 36.7 Å². The fourth-order valence-electron chi connectivity index (χ4n) is 5.26. The first-order valence-corrected chi connectivity index (χ1v) is 10.0. The van der Waals surface area contributed by atoms with Gasteiger partial charge in [0, 0.05) is 45.1 Å². The number of piperazine rings is 1. The second kappa shape index (κ2) is 6.81. The minimum Gasteiger partial charge on any atom is -0.339 e. The van der Waals surface area contributed by atoms with Gasteiger partial charge >= 0.3 is 0 Å². The van der Waals surface area contributed by atoms with Gasteiger partial charge in [-0.15, -0.1) is 0 Å². The lowest BCUT2D eigenvalue weighted by Gasteiger charge is -2.35. The van der Waals surface area contributed by atoms with E-state index in [9.17, 15) is 14.4 Å². The summed E-state index contributed by atoms with van der Waals surface area (Å²) in [5.41, 5.74) is 1.16. The normalized spacial score (nSPS) is 31.7. The van der Waals surface area contributed by atoms with E-state index in [4.69, 9.17) is 0 Å². The molecule has 4 aliphatic rings. The number of imide groups is 1. The van der Waals surface area contributed by atoms with Gasteiger partial charge in [0.2, 0.25) is 17.7 Å². The number of hydrogen-bond donors (Lipinski definition) is 0. The lowest BCUT2D eigenvalue weighted by molar-refractivity contribution is -0.147. The van der Waals surface area contributed by atoms with Crippen molar-refractivity contribution in [2.45, 2.75) is 13.0 Å². The average Bonchev–Trinajstić information content (AvgIpc) is 3.39. The van der Waals surface area contributed by atoms with Crippen molar-refractivity contribution in [3.8, 4) is 0 Å². The molecule has 4 unspecified atom stereocenters. The van der Waals surface area contributed by atoms with E-state index in [0.29, 0.717) is 13.1 Å². The molecule has 2 aliphatic carbocycles. The van der Waals surface area contributed by atoms with Gasteiger partial charge in [-0.05, 0) is 29.9 Å².